The zero-order chi connectivity index (χ0) is 15.0. The third kappa shape index (κ3) is 3.04. The molecule has 0 amide bonds. The third-order valence-electron chi connectivity index (χ3n) is 3.81. The number of fused-ring (bicyclic) bond motifs is 1. The molecule has 1 atom stereocenters. The smallest absolute Gasteiger partial charge is 0.133 e. The molecule has 0 spiro atoms. The summed E-state index contributed by atoms with van der Waals surface area (Å²) >= 11 is 4.97. The first kappa shape index (κ1) is 15.1. The van der Waals surface area contributed by atoms with Crippen molar-refractivity contribution in [3.63, 3.8) is 0 Å². The van der Waals surface area contributed by atoms with E-state index in [4.69, 9.17) is 0 Å². The van der Waals surface area contributed by atoms with Gasteiger partial charge in [0.2, 0.25) is 0 Å². The minimum Gasteiger partial charge on any atom is -0.207 e. The number of thiophene rings is 1. The van der Waals surface area contributed by atoms with Crippen molar-refractivity contribution in [2.45, 2.75) is 36.9 Å². The van der Waals surface area contributed by atoms with E-state index in [1.807, 2.05) is 6.07 Å². The molecule has 1 heterocycles. The molecular formula is C16H14BrF3S. The van der Waals surface area contributed by atoms with Crippen molar-refractivity contribution < 1.29 is 13.2 Å². The van der Waals surface area contributed by atoms with Gasteiger partial charge in [0.25, 0.3) is 0 Å². The summed E-state index contributed by atoms with van der Waals surface area (Å²) in [7, 11) is 0. The molecule has 5 heteroatoms. The second kappa shape index (κ2) is 6.13. The highest BCUT2D eigenvalue weighted by Gasteiger charge is 2.24. The zero-order valence-electron chi connectivity index (χ0n) is 11.3. The quantitative estimate of drug-likeness (QED) is 0.452. The Bertz CT molecular complexity index is 619. The summed E-state index contributed by atoms with van der Waals surface area (Å²) in [4.78, 5) is 1.62. The Hall–Kier alpha value is -0.810. The van der Waals surface area contributed by atoms with Crippen LogP contribution in [0.4, 0.5) is 13.2 Å². The highest BCUT2D eigenvalue weighted by atomic mass is 79.9. The van der Waals surface area contributed by atoms with Gasteiger partial charge in [-0.3, -0.25) is 0 Å². The predicted molar refractivity (Wildman–Crippen MR) is 82.7 cm³/mol. The van der Waals surface area contributed by atoms with Crippen LogP contribution in [0.15, 0.2) is 18.2 Å². The van der Waals surface area contributed by atoms with Gasteiger partial charge in [0.05, 0.1) is 4.83 Å². The lowest BCUT2D eigenvalue weighted by Crippen LogP contribution is -2.00. The van der Waals surface area contributed by atoms with Crippen LogP contribution in [0.1, 0.15) is 45.0 Å². The lowest BCUT2D eigenvalue weighted by Gasteiger charge is -2.11. The van der Waals surface area contributed by atoms with E-state index in [9.17, 15) is 13.2 Å². The maximum Gasteiger partial charge on any atom is 0.133 e. The van der Waals surface area contributed by atoms with Gasteiger partial charge in [-0.2, -0.15) is 0 Å². The molecule has 0 bridgehead atoms. The predicted octanol–water partition coefficient (Wildman–Crippen LogP) is 5.92. The van der Waals surface area contributed by atoms with Gasteiger partial charge in [-0.1, -0.05) is 22.4 Å². The molecule has 0 aliphatic heterocycles. The second-order valence-corrected chi connectivity index (χ2v) is 7.39. The monoisotopic (exact) mass is 374 g/mol. The summed E-state index contributed by atoms with van der Waals surface area (Å²) < 4.78 is 40.8. The zero-order valence-corrected chi connectivity index (χ0v) is 13.7. The lowest BCUT2D eigenvalue weighted by atomic mass is 10.1. The van der Waals surface area contributed by atoms with E-state index in [-0.39, 0.29) is 5.56 Å². The van der Waals surface area contributed by atoms with Crippen LogP contribution in [0.5, 0.6) is 0 Å². The molecule has 0 saturated carbocycles. The average Bonchev–Trinajstić information content (AvgIpc) is 2.69. The molecule has 0 saturated heterocycles. The van der Waals surface area contributed by atoms with Crippen molar-refractivity contribution in [2.75, 3.05) is 0 Å². The van der Waals surface area contributed by atoms with Gasteiger partial charge in [-0.05, 0) is 37.3 Å². The lowest BCUT2D eigenvalue weighted by molar-refractivity contribution is 0.528. The van der Waals surface area contributed by atoms with Crippen LogP contribution in [-0.2, 0) is 12.8 Å². The molecule has 3 rings (SSSR count). The van der Waals surface area contributed by atoms with Crippen molar-refractivity contribution in [1.29, 1.82) is 0 Å². The molecule has 1 aliphatic carbocycles. The first-order valence-corrected chi connectivity index (χ1v) is 8.69. The largest absolute Gasteiger partial charge is 0.207 e. The van der Waals surface area contributed by atoms with Crippen molar-refractivity contribution in [2.24, 2.45) is 0 Å². The summed E-state index contributed by atoms with van der Waals surface area (Å²) in [5.41, 5.74) is 1.17. The molecular weight excluding hydrogens is 361 g/mol. The number of aryl methyl sites for hydroxylation is 2. The molecule has 0 N–H and O–H groups in total. The summed E-state index contributed by atoms with van der Waals surface area (Å²) in [6.07, 6.45) is 5.62. The average molecular weight is 375 g/mol. The van der Waals surface area contributed by atoms with Crippen LogP contribution in [0, 0.1) is 17.5 Å². The molecule has 112 valence electrons. The van der Waals surface area contributed by atoms with E-state index < -0.39 is 22.3 Å². The standard InChI is InChI=1S/C16H14BrF3S/c17-16(15-11(19)7-10(18)8-12(15)20)14-6-9-4-2-1-3-5-13(9)21-14/h6-8,16H,1-5H2. The van der Waals surface area contributed by atoms with Crippen molar-refractivity contribution in [3.05, 3.63) is 56.5 Å². The van der Waals surface area contributed by atoms with Gasteiger partial charge in [0.1, 0.15) is 17.5 Å². The van der Waals surface area contributed by atoms with Gasteiger partial charge in [-0.15, -0.1) is 11.3 Å². The molecule has 2 aromatic rings. The van der Waals surface area contributed by atoms with E-state index in [1.165, 1.54) is 23.3 Å². The van der Waals surface area contributed by atoms with Gasteiger partial charge >= 0.3 is 0 Å². The first-order valence-electron chi connectivity index (χ1n) is 6.96. The van der Waals surface area contributed by atoms with Crippen LogP contribution in [-0.4, -0.2) is 0 Å². The molecule has 0 nitrogen and oxygen atoms in total. The second-order valence-electron chi connectivity index (χ2n) is 5.30. The maximum absolute atomic E-state index is 13.9. The van der Waals surface area contributed by atoms with Gasteiger partial charge in [0, 0.05) is 27.5 Å². The third-order valence-corrected chi connectivity index (χ3v) is 6.37. The molecule has 1 unspecified atom stereocenters. The van der Waals surface area contributed by atoms with Crippen LogP contribution < -0.4 is 0 Å². The highest BCUT2D eigenvalue weighted by molar-refractivity contribution is 9.09. The fraction of sp³-hybridized carbons (Fsp3) is 0.375. The minimum atomic E-state index is -0.893. The van der Waals surface area contributed by atoms with Crippen molar-refractivity contribution in [3.8, 4) is 0 Å². The topological polar surface area (TPSA) is 0 Å². The molecule has 0 radical (unpaired) electrons. The van der Waals surface area contributed by atoms with Crippen LogP contribution in [0.2, 0.25) is 0 Å². The summed E-state index contributed by atoms with van der Waals surface area (Å²) in [5.74, 6) is -2.59. The number of rotatable bonds is 2. The van der Waals surface area contributed by atoms with Gasteiger partial charge in [0.15, 0.2) is 0 Å². The Labute approximate surface area is 134 Å². The Morgan fingerprint density at radius 2 is 1.62 bits per heavy atom. The van der Waals surface area contributed by atoms with Crippen molar-refractivity contribution in [1.82, 2.24) is 0 Å². The van der Waals surface area contributed by atoms with E-state index in [0.29, 0.717) is 0 Å². The fourth-order valence-electron chi connectivity index (χ4n) is 2.75. The minimum absolute atomic E-state index is 0.118. The van der Waals surface area contributed by atoms with Crippen LogP contribution in [0.3, 0.4) is 0 Å². The molecule has 1 aromatic carbocycles. The summed E-state index contributed by atoms with van der Waals surface area (Å²) in [5, 5.41) is 0. The Balaban J connectivity index is 1.97. The normalized spacial score (nSPS) is 16.4. The van der Waals surface area contributed by atoms with E-state index in [0.717, 1.165) is 36.3 Å². The number of halogens is 4. The number of benzene rings is 1. The number of hydrogen-bond donors (Lipinski definition) is 0. The SMILES string of the molecule is Fc1cc(F)c(C(Br)c2cc3c(s2)CCCCC3)c(F)c1. The summed E-state index contributed by atoms with van der Waals surface area (Å²) in [6, 6.07) is 3.49. The summed E-state index contributed by atoms with van der Waals surface area (Å²) in [6.45, 7) is 0. The highest BCUT2D eigenvalue weighted by Crippen LogP contribution is 2.41. The Morgan fingerprint density at radius 3 is 2.33 bits per heavy atom. The van der Waals surface area contributed by atoms with Crippen LogP contribution >= 0.6 is 27.3 Å². The molecule has 21 heavy (non-hydrogen) atoms. The van der Waals surface area contributed by atoms with E-state index >= 15 is 0 Å². The van der Waals surface area contributed by atoms with Gasteiger partial charge < -0.3 is 0 Å². The number of alkyl halides is 1. The maximum atomic E-state index is 13.9. The Kier molecular flexibility index (Phi) is 4.41. The molecule has 1 aliphatic rings. The van der Waals surface area contributed by atoms with Gasteiger partial charge in [-0.25, -0.2) is 13.2 Å². The molecule has 0 fully saturated rings. The first-order chi connectivity index (χ1) is 10.1. The van der Waals surface area contributed by atoms with Crippen LogP contribution in [0.25, 0.3) is 0 Å². The Morgan fingerprint density at radius 1 is 0.952 bits per heavy atom. The number of hydrogen-bond acceptors (Lipinski definition) is 1. The van der Waals surface area contributed by atoms with E-state index in [2.05, 4.69) is 15.9 Å². The van der Waals surface area contributed by atoms with Crippen molar-refractivity contribution >= 4 is 27.3 Å². The fourth-order valence-corrected chi connectivity index (χ4v) is 4.85. The molecule has 1 aromatic heterocycles. The van der Waals surface area contributed by atoms with E-state index in [1.54, 1.807) is 11.3 Å².